The van der Waals surface area contributed by atoms with Crippen molar-refractivity contribution in [2.75, 3.05) is 13.1 Å². The number of amides is 1. The Morgan fingerprint density at radius 2 is 2.23 bits per heavy atom. The molecule has 1 aliphatic heterocycles. The second-order valence-corrected chi connectivity index (χ2v) is 4.20. The van der Waals surface area contributed by atoms with Gasteiger partial charge >= 0.3 is 0 Å². The molecule has 0 radical (unpaired) electrons. The van der Waals surface area contributed by atoms with Crippen LogP contribution in [0.4, 0.5) is 0 Å². The van der Waals surface area contributed by atoms with Crippen LogP contribution in [0.2, 0.25) is 0 Å². The standard InChI is InChI=1S/C10H17NO2/c12-9(8-4-5-8)7-11-6-2-1-3-10(11)13/h8-9,12H,1-7H2. The molecule has 74 valence electrons. The van der Waals surface area contributed by atoms with Gasteiger partial charge in [-0.25, -0.2) is 0 Å². The third kappa shape index (κ3) is 2.21. The second-order valence-electron chi connectivity index (χ2n) is 4.20. The van der Waals surface area contributed by atoms with E-state index in [9.17, 15) is 9.90 Å². The summed E-state index contributed by atoms with van der Waals surface area (Å²) in [6.45, 7) is 1.42. The Kier molecular flexibility index (Phi) is 2.54. The van der Waals surface area contributed by atoms with E-state index in [4.69, 9.17) is 0 Å². The highest BCUT2D eigenvalue weighted by molar-refractivity contribution is 5.76. The Bertz CT molecular complexity index is 201. The zero-order valence-corrected chi connectivity index (χ0v) is 7.91. The van der Waals surface area contributed by atoms with Crippen molar-refractivity contribution < 1.29 is 9.90 Å². The summed E-state index contributed by atoms with van der Waals surface area (Å²) in [5.41, 5.74) is 0. The molecular weight excluding hydrogens is 166 g/mol. The number of rotatable bonds is 3. The fourth-order valence-electron chi connectivity index (χ4n) is 1.91. The molecule has 1 aliphatic carbocycles. The van der Waals surface area contributed by atoms with Gasteiger partial charge in [0, 0.05) is 19.5 Å². The molecule has 3 nitrogen and oxygen atoms in total. The average Bonchev–Trinajstić information content (AvgIpc) is 2.91. The summed E-state index contributed by atoms with van der Waals surface area (Å²) >= 11 is 0. The quantitative estimate of drug-likeness (QED) is 0.702. The first-order valence-corrected chi connectivity index (χ1v) is 5.23. The Balaban J connectivity index is 1.81. The lowest BCUT2D eigenvalue weighted by atomic mass is 10.1. The van der Waals surface area contributed by atoms with Crippen molar-refractivity contribution in [1.29, 1.82) is 0 Å². The summed E-state index contributed by atoms with van der Waals surface area (Å²) < 4.78 is 0. The van der Waals surface area contributed by atoms with Gasteiger partial charge in [0.25, 0.3) is 0 Å². The molecule has 3 heteroatoms. The van der Waals surface area contributed by atoms with E-state index in [0.29, 0.717) is 18.9 Å². The van der Waals surface area contributed by atoms with Crippen LogP contribution in [-0.2, 0) is 4.79 Å². The Labute approximate surface area is 78.7 Å². The number of carbonyl (C=O) groups is 1. The molecule has 1 atom stereocenters. The predicted octanol–water partition coefficient (Wildman–Crippen LogP) is 0.770. The van der Waals surface area contributed by atoms with Crippen molar-refractivity contribution in [2.24, 2.45) is 5.92 Å². The summed E-state index contributed by atoms with van der Waals surface area (Å²) in [6, 6.07) is 0. The van der Waals surface area contributed by atoms with E-state index in [0.717, 1.165) is 32.2 Å². The lowest BCUT2D eigenvalue weighted by Gasteiger charge is -2.28. The van der Waals surface area contributed by atoms with E-state index in [1.807, 2.05) is 4.90 Å². The normalized spacial score (nSPS) is 26.2. The highest BCUT2D eigenvalue weighted by atomic mass is 16.3. The molecule has 2 fully saturated rings. The molecule has 1 N–H and O–H groups in total. The Morgan fingerprint density at radius 1 is 1.46 bits per heavy atom. The van der Waals surface area contributed by atoms with Gasteiger partial charge in [0.15, 0.2) is 0 Å². The van der Waals surface area contributed by atoms with Crippen molar-refractivity contribution >= 4 is 5.91 Å². The van der Waals surface area contributed by atoms with Crippen LogP contribution in [0.5, 0.6) is 0 Å². The lowest BCUT2D eigenvalue weighted by molar-refractivity contribution is -0.134. The van der Waals surface area contributed by atoms with Crippen LogP contribution in [-0.4, -0.2) is 35.1 Å². The molecule has 0 aromatic carbocycles. The van der Waals surface area contributed by atoms with Gasteiger partial charge < -0.3 is 10.0 Å². The third-order valence-corrected chi connectivity index (χ3v) is 2.99. The first-order chi connectivity index (χ1) is 6.27. The van der Waals surface area contributed by atoms with Gasteiger partial charge in [0.1, 0.15) is 0 Å². The summed E-state index contributed by atoms with van der Waals surface area (Å²) in [5, 5.41) is 9.67. The summed E-state index contributed by atoms with van der Waals surface area (Å²) in [5.74, 6) is 0.709. The maximum Gasteiger partial charge on any atom is 0.222 e. The van der Waals surface area contributed by atoms with Crippen LogP contribution in [0, 0.1) is 5.92 Å². The topological polar surface area (TPSA) is 40.5 Å². The number of nitrogens with zero attached hydrogens (tertiary/aromatic N) is 1. The van der Waals surface area contributed by atoms with Gasteiger partial charge in [-0.05, 0) is 31.6 Å². The average molecular weight is 183 g/mol. The van der Waals surface area contributed by atoms with E-state index in [1.165, 1.54) is 0 Å². The highest BCUT2D eigenvalue weighted by Crippen LogP contribution is 2.33. The van der Waals surface area contributed by atoms with Crippen molar-refractivity contribution in [3.63, 3.8) is 0 Å². The van der Waals surface area contributed by atoms with Crippen LogP contribution in [0.25, 0.3) is 0 Å². The predicted molar refractivity (Wildman–Crippen MR) is 49.2 cm³/mol. The molecule has 2 rings (SSSR count). The van der Waals surface area contributed by atoms with Crippen LogP contribution >= 0.6 is 0 Å². The molecule has 1 heterocycles. The fraction of sp³-hybridized carbons (Fsp3) is 0.900. The largest absolute Gasteiger partial charge is 0.391 e. The van der Waals surface area contributed by atoms with E-state index in [2.05, 4.69) is 0 Å². The van der Waals surface area contributed by atoms with Gasteiger partial charge in [-0.3, -0.25) is 4.79 Å². The summed E-state index contributed by atoms with van der Waals surface area (Å²) in [6.07, 6.45) is 4.82. The second kappa shape index (κ2) is 3.66. The van der Waals surface area contributed by atoms with Crippen LogP contribution in [0.15, 0.2) is 0 Å². The first-order valence-electron chi connectivity index (χ1n) is 5.23. The minimum absolute atomic E-state index is 0.228. The van der Waals surface area contributed by atoms with Crippen molar-refractivity contribution in [1.82, 2.24) is 4.90 Å². The number of aliphatic hydroxyl groups is 1. The van der Waals surface area contributed by atoms with Crippen LogP contribution in [0.1, 0.15) is 32.1 Å². The lowest BCUT2D eigenvalue weighted by Crippen LogP contribution is -2.41. The number of β-amino-alcohol motifs (C(OH)–C–C–N with tert-alkyl or cyclic N) is 1. The van der Waals surface area contributed by atoms with Gasteiger partial charge in [0.05, 0.1) is 6.10 Å². The number of aliphatic hydroxyl groups excluding tert-OH is 1. The van der Waals surface area contributed by atoms with E-state index >= 15 is 0 Å². The molecule has 0 aromatic heterocycles. The molecule has 13 heavy (non-hydrogen) atoms. The molecule has 1 unspecified atom stereocenters. The zero-order valence-electron chi connectivity index (χ0n) is 7.91. The summed E-state index contributed by atoms with van der Waals surface area (Å²) in [7, 11) is 0. The monoisotopic (exact) mass is 183 g/mol. The van der Waals surface area contributed by atoms with Gasteiger partial charge in [-0.1, -0.05) is 0 Å². The number of hydrogen-bond donors (Lipinski definition) is 1. The molecule has 1 saturated heterocycles. The zero-order chi connectivity index (χ0) is 9.26. The molecule has 0 aromatic rings. The maximum atomic E-state index is 11.4. The van der Waals surface area contributed by atoms with Crippen molar-refractivity contribution in [2.45, 2.75) is 38.2 Å². The third-order valence-electron chi connectivity index (χ3n) is 2.99. The highest BCUT2D eigenvalue weighted by Gasteiger charge is 2.32. The number of likely N-dealkylation sites (tertiary alicyclic amines) is 1. The van der Waals surface area contributed by atoms with Crippen molar-refractivity contribution in [3.05, 3.63) is 0 Å². The van der Waals surface area contributed by atoms with Crippen LogP contribution < -0.4 is 0 Å². The molecule has 1 saturated carbocycles. The van der Waals surface area contributed by atoms with Gasteiger partial charge in [0.2, 0.25) is 5.91 Å². The number of carbonyl (C=O) groups excluding carboxylic acids is 1. The first kappa shape index (κ1) is 9.00. The van der Waals surface area contributed by atoms with E-state index in [-0.39, 0.29) is 12.0 Å². The molecule has 2 aliphatic rings. The minimum Gasteiger partial charge on any atom is -0.391 e. The number of hydrogen-bond acceptors (Lipinski definition) is 2. The van der Waals surface area contributed by atoms with Gasteiger partial charge in [-0.15, -0.1) is 0 Å². The minimum atomic E-state index is -0.262. The Hall–Kier alpha value is -0.570. The molecular formula is C10H17NO2. The molecule has 1 amide bonds. The van der Waals surface area contributed by atoms with Crippen molar-refractivity contribution in [3.8, 4) is 0 Å². The maximum absolute atomic E-state index is 11.4. The Morgan fingerprint density at radius 3 is 2.85 bits per heavy atom. The molecule has 0 bridgehead atoms. The van der Waals surface area contributed by atoms with E-state index in [1.54, 1.807) is 0 Å². The summed E-state index contributed by atoms with van der Waals surface area (Å²) in [4.78, 5) is 13.2. The fourth-order valence-corrected chi connectivity index (χ4v) is 1.91. The molecule has 0 spiro atoms. The smallest absolute Gasteiger partial charge is 0.222 e. The SMILES string of the molecule is O=C1CCCCN1CC(O)C1CC1. The van der Waals surface area contributed by atoms with Crippen LogP contribution in [0.3, 0.4) is 0 Å². The van der Waals surface area contributed by atoms with E-state index < -0.39 is 0 Å². The number of piperidine rings is 1. The van der Waals surface area contributed by atoms with Gasteiger partial charge in [-0.2, -0.15) is 0 Å².